The summed E-state index contributed by atoms with van der Waals surface area (Å²) in [5, 5.41) is 1.23. The van der Waals surface area contributed by atoms with E-state index in [0.29, 0.717) is 24.1 Å². The molecule has 2 aromatic rings. The standard InChI is InChI=1S/C27H30F6N2O7/c1-6-7-41-25(37)42-35-15(2)8-20(19-12-22(38-3)23(39-4)13-21(19)35)34(24(36)40-5)14-16-9-17(26(28,29)30)11-18(10-16)27(31,32)33/h9-13,15,20H,6-8,14H2,1-5H3/t15-,20+/m1/s1. The van der Waals surface area contributed by atoms with E-state index in [2.05, 4.69) is 0 Å². The Kier molecular flexibility index (Phi) is 9.94. The summed E-state index contributed by atoms with van der Waals surface area (Å²) in [5.41, 5.74) is -2.96. The third-order valence-corrected chi connectivity index (χ3v) is 6.48. The number of halogens is 6. The molecule has 0 bridgehead atoms. The molecule has 2 atom stereocenters. The van der Waals surface area contributed by atoms with Gasteiger partial charge in [-0.15, -0.1) is 0 Å². The summed E-state index contributed by atoms with van der Waals surface area (Å²) < 4.78 is 102. The minimum Gasteiger partial charge on any atom is -0.493 e. The minimum absolute atomic E-state index is 0.00788. The molecule has 2 aromatic carbocycles. The van der Waals surface area contributed by atoms with Crippen molar-refractivity contribution >= 4 is 17.9 Å². The normalized spacial score (nSPS) is 16.8. The summed E-state index contributed by atoms with van der Waals surface area (Å²) >= 11 is 0. The molecule has 0 fully saturated rings. The van der Waals surface area contributed by atoms with Crippen molar-refractivity contribution in [1.82, 2.24) is 4.90 Å². The molecule has 0 radical (unpaired) electrons. The number of anilines is 1. The highest BCUT2D eigenvalue weighted by Crippen LogP contribution is 2.47. The number of hydroxylamine groups is 1. The molecule has 1 aliphatic rings. The maximum Gasteiger partial charge on any atom is 0.533 e. The Labute approximate surface area is 237 Å². The molecule has 0 aromatic heterocycles. The van der Waals surface area contributed by atoms with E-state index in [4.69, 9.17) is 23.8 Å². The molecule has 0 unspecified atom stereocenters. The number of benzene rings is 2. The minimum atomic E-state index is -5.08. The van der Waals surface area contributed by atoms with Crippen molar-refractivity contribution in [3.63, 3.8) is 0 Å². The van der Waals surface area contributed by atoms with Crippen LogP contribution in [0.5, 0.6) is 11.5 Å². The lowest BCUT2D eigenvalue weighted by molar-refractivity contribution is -0.143. The highest BCUT2D eigenvalue weighted by molar-refractivity contribution is 5.72. The number of fused-ring (bicyclic) bond motifs is 1. The molecule has 1 heterocycles. The molecule has 0 aliphatic carbocycles. The van der Waals surface area contributed by atoms with Crippen molar-refractivity contribution in [2.45, 2.75) is 57.7 Å². The number of methoxy groups -OCH3 is 3. The second-order valence-electron chi connectivity index (χ2n) is 9.39. The van der Waals surface area contributed by atoms with Crippen LogP contribution in [0.25, 0.3) is 0 Å². The average molecular weight is 609 g/mol. The number of carbonyl (C=O) groups excluding carboxylic acids is 2. The molecule has 0 spiro atoms. The van der Waals surface area contributed by atoms with Crippen LogP contribution in [0, 0.1) is 0 Å². The van der Waals surface area contributed by atoms with Crippen LogP contribution < -0.4 is 14.5 Å². The predicted octanol–water partition coefficient (Wildman–Crippen LogP) is 7.13. The second-order valence-corrected chi connectivity index (χ2v) is 9.39. The van der Waals surface area contributed by atoms with E-state index in [1.165, 1.54) is 31.4 Å². The monoisotopic (exact) mass is 608 g/mol. The van der Waals surface area contributed by atoms with Gasteiger partial charge in [0.15, 0.2) is 11.5 Å². The number of amides is 1. The fourth-order valence-electron chi connectivity index (χ4n) is 4.58. The summed E-state index contributed by atoms with van der Waals surface area (Å²) in [5.74, 6) is 0.421. The van der Waals surface area contributed by atoms with Crippen LogP contribution in [0.4, 0.5) is 41.6 Å². The summed E-state index contributed by atoms with van der Waals surface area (Å²) in [6.07, 6.45) is -11.6. The number of ether oxygens (including phenoxy) is 4. The van der Waals surface area contributed by atoms with Gasteiger partial charge in [0.1, 0.15) is 0 Å². The topological polar surface area (TPSA) is 86.8 Å². The van der Waals surface area contributed by atoms with Crippen LogP contribution in [0.15, 0.2) is 30.3 Å². The molecule has 232 valence electrons. The van der Waals surface area contributed by atoms with Crippen molar-refractivity contribution in [2.75, 3.05) is 33.0 Å². The zero-order chi connectivity index (χ0) is 31.4. The SMILES string of the molecule is CCCOC(=O)ON1c2cc(OC)c(OC)cc2[C@@H](N(Cc2cc(C(F)(F)F)cc(C(F)(F)F)c2)C(=O)OC)C[C@H]1C. The second kappa shape index (κ2) is 12.9. The Balaban J connectivity index is 2.15. The van der Waals surface area contributed by atoms with Gasteiger partial charge in [-0.1, -0.05) is 6.92 Å². The van der Waals surface area contributed by atoms with E-state index in [-0.39, 0.29) is 36.3 Å². The lowest BCUT2D eigenvalue weighted by atomic mass is 9.91. The largest absolute Gasteiger partial charge is 0.533 e. The zero-order valence-electron chi connectivity index (χ0n) is 23.4. The van der Waals surface area contributed by atoms with Gasteiger partial charge in [0.05, 0.1) is 56.8 Å². The Morgan fingerprint density at radius 3 is 2.00 bits per heavy atom. The smallest absolute Gasteiger partial charge is 0.493 e. The Morgan fingerprint density at radius 2 is 1.50 bits per heavy atom. The third kappa shape index (κ3) is 7.23. The number of nitrogens with zero attached hydrogens (tertiary/aromatic N) is 2. The number of hydrogen-bond acceptors (Lipinski definition) is 8. The first-order chi connectivity index (χ1) is 19.6. The number of rotatable bonds is 8. The molecule has 0 saturated carbocycles. The van der Waals surface area contributed by atoms with Gasteiger partial charge >= 0.3 is 24.6 Å². The van der Waals surface area contributed by atoms with Crippen LogP contribution in [-0.4, -0.2) is 51.1 Å². The van der Waals surface area contributed by atoms with Crippen molar-refractivity contribution in [3.8, 4) is 11.5 Å². The van der Waals surface area contributed by atoms with Crippen LogP contribution in [0.2, 0.25) is 0 Å². The maximum absolute atomic E-state index is 13.5. The molecule has 0 saturated heterocycles. The molecule has 3 rings (SSSR count). The summed E-state index contributed by atoms with van der Waals surface area (Å²) in [6, 6.07) is 2.41. The van der Waals surface area contributed by atoms with Gasteiger partial charge in [-0.2, -0.15) is 31.4 Å². The van der Waals surface area contributed by atoms with E-state index in [1.807, 2.05) is 0 Å². The molecule has 42 heavy (non-hydrogen) atoms. The van der Waals surface area contributed by atoms with E-state index < -0.39 is 59.9 Å². The van der Waals surface area contributed by atoms with Crippen LogP contribution in [-0.2, 0) is 33.2 Å². The lowest BCUT2D eigenvalue weighted by Crippen LogP contribution is -2.46. The van der Waals surface area contributed by atoms with Crippen molar-refractivity contribution in [1.29, 1.82) is 0 Å². The molecule has 15 heteroatoms. The quantitative estimate of drug-likeness (QED) is 0.231. The number of alkyl halides is 6. The van der Waals surface area contributed by atoms with Crippen LogP contribution in [0.1, 0.15) is 55.0 Å². The Morgan fingerprint density at radius 1 is 0.929 bits per heavy atom. The van der Waals surface area contributed by atoms with E-state index in [0.717, 1.165) is 12.0 Å². The van der Waals surface area contributed by atoms with Crippen molar-refractivity contribution in [2.24, 2.45) is 0 Å². The van der Waals surface area contributed by atoms with Gasteiger partial charge in [0.25, 0.3) is 0 Å². The Hall–Kier alpha value is -4.04. The number of carbonyl (C=O) groups is 2. The summed E-state index contributed by atoms with van der Waals surface area (Å²) in [6.45, 7) is 2.85. The molecule has 0 N–H and O–H groups in total. The highest BCUT2D eigenvalue weighted by Gasteiger charge is 2.41. The fourth-order valence-corrected chi connectivity index (χ4v) is 4.58. The first-order valence-corrected chi connectivity index (χ1v) is 12.7. The molecular weight excluding hydrogens is 578 g/mol. The van der Waals surface area contributed by atoms with Gasteiger partial charge in [0.2, 0.25) is 0 Å². The third-order valence-electron chi connectivity index (χ3n) is 6.48. The van der Waals surface area contributed by atoms with Crippen LogP contribution >= 0.6 is 0 Å². The zero-order valence-corrected chi connectivity index (χ0v) is 23.4. The molecule has 1 aliphatic heterocycles. The molecule has 1 amide bonds. The Bertz CT molecular complexity index is 1250. The van der Waals surface area contributed by atoms with Crippen molar-refractivity contribution in [3.05, 3.63) is 52.6 Å². The lowest BCUT2D eigenvalue weighted by Gasteiger charge is -2.42. The van der Waals surface area contributed by atoms with E-state index in [1.54, 1.807) is 13.8 Å². The van der Waals surface area contributed by atoms with Gasteiger partial charge in [-0.25, -0.2) is 9.59 Å². The van der Waals surface area contributed by atoms with Gasteiger partial charge in [-0.05, 0) is 49.6 Å². The van der Waals surface area contributed by atoms with Gasteiger partial charge in [0, 0.05) is 18.2 Å². The van der Waals surface area contributed by atoms with Gasteiger partial charge < -0.3 is 23.8 Å². The average Bonchev–Trinajstić information content (AvgIpc) is 2.93. The van der Waals surface area contributed by atoms with Crippen LogP contribution in [0.3, 0.4) is 0 Å². The molecule has 9 nitrogen and oxygen atoms in total. The number of hydrogen-bond donors (Lipinski definition) is 0. The van der Waals surface area contributed by atoms with E-state index >= 15 is 0 Å². The fraction of sp³-hybridized carbons (Fsp3) is 0.481. The summed E-state index contributed by atoms with van der Waals surface area (Å²) in [4.78, 5) is 31.8. The molecular formula is C27H30F6N2O7. The predicted molar refractivity (Wildman–Crippen MR) is 136 cm³/mol. The van der Waals surface area contributed by atoms with Gasteiger partial charge in [-0.3, -0.25) is 4.90 Å². The first-order valence-electron chi connectivity index (χ1n) is 12.7. The van der Waals surface area contributed by atoms with E-state index in [9.17, 15) is 35.9 Å². The highest BCUT2D eigenvalue weighted by atomic mass is 19.4. The summed E-state index contributed by atoms with van der Waals surface area (Å²) in [7, 11) is 3.74. The first kappa shape index (κ1) is 32.5. The maximum atomic E-state index is 13.5. The van der Waals surface area contributed by atoms with Crippen molar-refractivity contribution < 1.29 is 59.7 Å².